The van der Waals surface area contributed by atoms with E-state index in [0.717, 1.165) is 22.3 Å². The summed E-state index contributed by atoms with van der Waals surface area (Å²) in [5.74, 6) is -2.36. The van der Waals surface area contributed by atoms with Gasteiger partial charge in [-0.3, -0.25) is 24.1 Å². The number of nitrogens with one attached hydrogen (secondary N) is 1. The molecule has 15 heteroatoms. The molecular formula is C43H55N3O12. The molecule has 2 aromatic rings. The first-order valence-corrected chi connectivity index (χ1v) is 19.8. The number of ketones is 2. The average molecular weight is 806 g/mol. The van der Waals surface area contributed by atoms with E-state index in [1.807, 2.05) is 26.8 Å². The Balaban J connectivity index is 1.22. The van der Waals surface area contributed by atoms with Gasteiger partial charge >= 0.3 is 24.1 Å². The number of fused-ring (bicyclic) bond motifs is 4. The van der Waals surface area contributed by atoms with Crippen LogP contribution in [-0.2, 0) is 46.4 Å². The summed E-state index contributed by atoms with van der Waals surface area (Å²) < 4.78 is 27.3. The standard InChI is InChI=1S/C43H55N3O12/c1-23(2)19-45(42(53)58-43(6,7)8)20-36(48)57-34-15-12-26-17-31-29-13-11-27(16-28(29)21-55-35(31)18-30(26)38(34)49)33(47)22-56-40(51)32-14-10-25(5)46(32)39(50)37(24(3)4)44-41(52)54-9/h11,13,16-18,23-25,32,34,37H,10,12,14-15,19-22H2,1-9H3,(H,44,52)/t25-,32-,34?,37-/m0/s1. The fraction of sp³-hybridized carbons (Fsp3) is 0.558. The van der Waals surface area contributed by atoms with Crippen molar-refractivity contribution in [1.29, 1.82) is 0 Å². The van der Waals surface area contributed by atoms with Gasteiger partial charge in [-0.15, -0.1) is 0 Å². The van der Waals surface area contributed by atoms with Gasteiger partial charge in [0.05, 0.1) is 7.11 Å². The Morgan fingerprint density at radius 3 is 2.33 bits per heavy atom. The van der Waals surface area contributed by atoms with Crippen molar-refractivity contribution in [2.45, 2.75) is 118 Å². The van der Waals surface area contributed by atoms with E-state index in [0.29, 0.717) is 36.1 Å². The number of alkyl carbamates (subject to hydrolysis) is 1. The second kappa shape index (κ2) is 18.0. The van der Waals surface area contributed by atoms with Gasteiger partial charge in [-0.05, 0) is 100 Å². The minimum absolute atomic E-state index is 0.0670. The Morgan fingerprint density at radius 2 is 1.67 bits per heavy atom. The van der Waals surface area contributed by atoms with Gasteiger partial charge in [0.25, 0.3) is 0 Å². The number of carbonyl (C=O) groups excluding carboxylic acids is 7. The van der Waals surface area contributed by atoms with Gasteiger partial charge in [-0.25, -0.2) is 14.4 Å². The van der Waals surface area contributed by atoms with E-state index in [-0.39, 0.29) is 49.8 Å². The number of amides is 3. The number of ether oxygens (including phenoxy) is 5. The maximum atomic E-state index is 13.6. The average Bonchev–Trinajstić information content (AvgIpc) is 3.55. The number of rotatable bonds is 12. The number of benzene rings is 2. The predicted molar refractivity (Wildman–Crippen MR) is 210 cm³/mol. The van der Waals surface area contributed by atoms with Gasteiger partial charge in [0.15, 0.2) is 18.5 Å². The molecule has 0 radical (unpaired) electrons. The molecule has 15 nitrogen and oxygen atoms in total. The van der Waals surface area contributed by atoms with Gasteiger partial charge in [-0.2, -0.15) is 0 Å². The first kappa shape index (κ1) is 43.6. The Hall–Kier alpha value is -5.47. The summed E-state index contributed by atoms with van der Waals surface area (Å²) in [6.07, 6.45) is -0.783. The number of carbonyl (C=O) groups is 7. The van der Waals surface area contributed by atoms with Crippen LogP contribution in [0.15, 0.2) is 30.3 Å². The van der Waals surface area contributed by atoms with Crippen LogP contribution < -0.4 is 10.1 Å². The van der Waals surface area contributed by atoms with Crippen molar-refractivity contribution in [2.24, 2.45) is 11.8 Å². The molecule has 3 amide bonds. The smallest absolute Gasteiger partial charge is 0.410 e. The van der Waals surface area contributed by atoms with Crippen LogP contribution in [0.5, 0.6) is 5.75 Å². The monoisotopic (exact) mass is 805 g/mol. The molecule has 2 aromatic carbocycles. The number of likely N-dealkylation sites (tertiary alicyclic amines) is 1. The lowest BCUT2D eigenvalue weighted by Crippen LogP contribution is -2.55. The number of methoxy groups -OCH3 is 1. The Morgan fingerprint density at radius 1 is 0.948 bits per heavy atom. The third-order valence-corrected chi connectivity index (χ3v) is 10.3. The molecule has 0 saturated carbocycles. The predicted octanol–water partition coefficient (Wildman–Crippen LogP) is 5.67. The van der Waals surface area contributed by atoms with E-state index in [4.69, 9.17) is 18.9 Å². The summed E-state index contributed by atoms with van der Waals surface area (Å²) in [7, 11) is 1.20. The minimum Gasteiger partial charge on any atom is -0.488 e. The van der Waals surface area contributed by atoms with Crippen molar-refractivity contribution < 1.29 is 57.2 Å². The zero-order valence-corrected chi connectivity index (χ0v) is 34.8. The topological polar surface area (TPSA) is 184 Å². The molecule has 5 rings (SSSR count). The molecular weight excluding hydrogens is 750 g/mol. The molecule has 1 aliphatic carbocycles. The van der Waals surface area contributed by atoms with Crippen molar-refractivity contribution in [1.82, 2.24) is 15.1 Å². The molecule has 58 heavy (non-hydrogen) atoms. The lowest BCUT2D eigenvalue weighted by molar-refractivity contribution is -0.154. The van der Waals surface area contributed by atoms with Crippen LogP contribution in [0.1, 0.15) is 106 Å². The first-order chi connectivity index (χ1) is 27.3. The maximum Gasteiger partial charge on any atom is 0.410 e. The summed E-state index contributed by atoms with van der Waals surface area (Å²) in [4.78, 5) is 94.1. The highest BCUT2D eigenvalue weighted by Crippen LogP contribution is 2.41. The van der Waals surface area contributed by atoms with Crippen LogP contribution in [0.2, 0.25) is 0 Å². The van der Waals surface area contributed by atoms with E-state index >= 15 is 0 Å². The molecule has 314 valence electrons. The molecule has 0 bridgehead atoms. The summed E-state index contributed by atoms with van der Waals surface area (Å²) in [5.41, 5.74) is 3.02. The fourth-order valence-corrected chi connectivity index (χ4v) is 7.48. The molecule has 3 aliphatic rings. The van der Waals surface area contributed by atoms with E-state index in [1.165, 1.54) is 16.9 Å². The molecule has 4 atom stereocenters. The zero-order valence-electron chi connectivity index (χ0n) is 34.8. The second-order valence-electron chi connectivity index (χ2n) is 16.9. The quantitative estimate of drug-likeness (QED) is 0.158. The lowest BCUT2D eigenvalue weighted by Gasteiger charge is -2.32. The molecule has 1 N–H and O–H groups in total. The van der Waals surface area contributed by atoms with E-state index in [1.54, 1.807) is 58.9 Å². The Bertz CT molecular complexity index is 1950. The summed E-state index contributed by atoms with van der Waals surface area (Å²) >= 11 is 0. The highest BCUT2D eigenvalue weighted by Gasteiger charge is 2.43. The lowest BCUT2D eigenvalue weighted by atomic mass is 9.84. The van der Waals surface area contributed by atoms with Crippen LogP contribution in [0, 0.1) is 11.8 Å². The van der Waals surface area contributed by atoms with E-state index in [2.05, 4.69) is 10.1 Å². The molecule has 0 spiro atoms. The highest BCUT2D eigenvalue weighted by molar-refractivity contribution is 6.04. The fourth-order valence-electron chi connectivity index (χ4n) is 7.48. The summed E-state index contributed by atoms with van der Waals surface area (Å²) in [6, 6.07) is 6.56. The van der Waals surface area contributed by atoms with Crippen LogP contribution in [0.25, 0.3) is 11.1 Å². The molecule has 1 fully saturated rings. The Labute approximate surface area is 339 Å². The van der Waals surface area contributed by atoms with Gasteiger partial charge in [0.1, 0.15) is 36.6 Å². The largest absolute Gasteiger partial charge is 0.488 e. The molecule has 1 unspecified atom stereocenters. The SMILES string of the molecule is COC(=O)N[C@H](C(=O)N1[C@@H](C)CC[C@H]1C(=O)OCC(=O)c1ccc2c(c1)COc1cc3c(cc1-2)CCC(OC(=O)CN(CC(C)C)C(=O)OC(C)(C)C)C3=O)C(C)C. The molecule has 2 heterocycles. The summed E-state index contributed by atoms with van der Waals surface area (Å²) in [5, 5.41) is 2.55. The number of aryl methyl sites for hydroxylation is 1. The molecule has 1 saturated heterocycles. The molecule has 2 aliphatic heterocycles. The second-order valence-corrected chi connectivity index (χ2v) is 16.9. The summed E-state index contributed by atoms with van der Waals surface area (Å²) in [6.45, 7) is 13.9. The van der Waals surface area contributed by atoms with Gasteiger partial charge in [0, 0.05) is 29.3 Å². The van der Waals surface area contributed by atoms with Crippen molar-refractivity contribution in [3.05, 3.63) is 52.6 Å². The van der Waals surface area contributed by atoms with E-state index in [9.17, 15) is 33.6 Å². The third kappa shape index (κ3) is 10.1. The number of esters is 2. The minimum atomic E-state index is -1.02. The third-order valence-electron chi connectivity index (χ3n) is 10.3. The van der Waals surface area contributed by atoms with Crippen molar-refractivity contribution in [3.8, 4) is 16.9 Å². The van der Waals surface area contributed by atoms with Crippen LogP contribution >= 0.6 is 0 Å². The first-order valence-electron chi connectivity index (χ1n) is 19.8. The normalized spacial score (nSPS) is 18.9. The van der Waals surface area contributed by atoms with Crippen LogP contribution in [0.4, 0.5) is 9.59 Å². The number of hydrogen-bond acceptors (Lipinski definition) is 12. The Kier molecular flexibility index (Phi) is 13.5. The van der Waals surface area contributed by atoms with Crippen molar-refractivity contribution in [2.75, 3.05) is 26.8 Å². The van der Waals surface area contributed by atoms with Gasteiger partial charge < -0.3 is 33.9 Å². The number of hydrogen-bond donors (Lipinski definition) is 1. The van der Waals surface area contributed by atoms with Gasteiger partial charge in [-0.1, -0.05) is 39.8 Å². The highest BCUT2D eigenvalue weighted by atomic mass is 16.6. The zero-order chi connectivity index (χ0) is 42.6. The number of Topliss-reactive ketones (excluding diaryl/α,β-unsaturated/α-hetero) is 2. The molecule has 0 aromatic heterocycles. The van der Waals surface area contributed by atoms with Crippen LogP contribution in [0.3, 0.4) is 0 Å². The van der Waals surface area contributed by atoms with Crippen molar-refractivity contribution >= 4 is 41.6 Å². The maximum absolute atomic E-state index is 13.6. The van der Waals surface area contributed by atoms with Crippen molar-refractivity contribution in [3.63, 3.8) is 0 Å². The van der Waals surface area contributed by atoms with Gasteiger partial charge in [0.2, 0.25) is 11.7 Å². The van der Waals surface area contributed by atoms with Crippen LogP contribution in [-0.4, -0.2) is 108 Å². The van der Waals surface area contributed by atoms with E-state index < -0.39 is 66.2 Å². The number of nitrogens with zero attached hydrogens (tertiary/aromatic N) is 2.